The van der Waals surface area contributed by atoms with Crippen molar-refractivity contribution in [2.24, 2.45) is 0 Å². The van der Waals surface area contributed by atoms with Gasteiger partial charge in [-0.1, -0.05) is 12.1 Å². The predicted octanol–water partition coefficient (Wildman–Crippen LogP) is 2.91. The van der Waals surface area contributed by atoms with Crippen LogP contribution in [0.1, 0.15) is 11.7 Å². The summed E-state index contributed by atoms with van der Waals surface area (Å²) < 4.78 is 18.7. The fourth-order valence-corrected chi connectivity index (χ4v) is 3.21. The molecule has 0 bridgehead atoms. The SMILES string of the molecule is O=C(CSc1ccncc1)N1CCO[C@H](c2ccc(F)cc2)C1. The maximum Gasteiger partial charge on any atom is 0.233 e. The van der Waals surface area contributed by atoms with E-state index >= 15 is 0 Å². The van der Waals surface area contributed by atoms with Crippen LogP contribution in [0.3, 0.4) is 0 Å². The van der Waals surface area contributed by atoms with Crippen molar-refractivity contribution in [3.05, 3.63) is 60.2 Å². The molecule has 1 aliphatic heterocycles. The Labute approximate surface area is 138 Å². The number of carbonyl (C=O) groups excluding carboxylic acids is 1. The molecule has 1 aromatic heterocycles. The Kier molecular flexibility index (Phi) is 5.25. The molecule has 1 atom stereocenters. The quantitative estimate of drug-likeness (QED) is 0.808. The maximum absolute atomic E-state index is 13.0. The van der Waals surface area contributed by atoms with Gasteiger partial charge in [-0.05, 0) is 29.8 Å². The minimum Gasteiger partial charge on any atom is -0.370 e. The van der Waals surface area contributed by atoms with Crippen molar-refractivity contribution in [2.45, 2.75) is 11.0 Å². The van der Waals surface area contributed by atoms with Crippen molar-refractivity contribution in [1.29, 1.82) is 0 Å². The Morgan fingerprint density at radius 3 is 2.74 bits per heavy atom. The summed E-state index contributed by atoms with van der Waals surface area (Å²) in [5.74, 6) is 0.202. The normalized spacial score (nSPS) is 18.0. The predicted molar refractivity (Wildman–Crippen MR) is 86.6 cm³/mol. The largest absolute Gasteiger partial charge is 0.370 e. The van der Waals surface area contributed by atoms with Gasteiger partial charge in [-0.25, -0.2) is 4.39 Å². The molecule has 120 valence electrons. The minimum absolute atomic E-state index is 0.0854. The molecule has 1 amide bonds. The van der Waals surface area contributed by atoms with E-state index in [1.54, 1.807) is 24.5 Å². The van der Waals surface area contributed by atoms with Gasteiger partial charge in [-0.3, -0.25) is 9.78 Å². The topological polar surface area (TPSA) is 42.4 Å². The summed E-state index contributed by atoms with van der Waals surface area (Å²) in [6, 6.07) is 10.0. The van der Waals surface area contributed by atoms with Crippen molar-refractivity contribution in [3.8, 4) is 0 Å². The molecular weight excluding hydrogens is 315 g/mol. The van der Waals surface area contributed by atoms with Gasteiger partial charge in [-0.2, -0.15) is 0 Å². The Hall–Kier alpha value is -1.92. The van der Waals surface area contributed by atoms with E-state index in [0.717, 1.165) is 10.5 Å². The lowest BCUT2D eigenvalue weighted by molar-refractivity contribution is -0.136. The molecule has 3 rings (SSSR count). The molecule has 1 aliphatic rings. The first-order valence-corrected chi connectivity index (χ1v) is 8.38. The Bertz CT molecular complexity index is 651. The Balaban J connectivity index is 1.57. The van der Waals surface area contributed by atoms with Gasteiger partial charge >= 0.3 is 0 Å². The van der Waals surface area contributed by atoms with Gasteiger partial charge in [-0.15, -0.1) is 11.8 Å². The lowest BCUT2D eigenvalue weighted by Crippen LogP contribution is -2.43. The molecule has 4 nitrogen and oxygen atoms in total. The standard InChI is InChI=1S/C17H17FN2O2S/c18-14-3-1-13(2-4-14)16-11-20(9-10-22-16)17(21)12-23-15-5-7-19-8-6-15/h1-8,16H,9-12H2/t16-/m0/s1. The van der Waals surface area contributed by atoms with E-state index in [9.17, 15) is 9.18 Å². The lowest BCUT2D eigenvalue weighted by Gasteiger charge is -2.33. The molecule has 0 radical (unpaired) electrons. The third-order valence-corrected chi connectivity index (χ3v) is 4.67. The average Bonchev–Trinajstić information content (AvgIpc) is 2.61. The van der Waals surface area contributed by atoms with Crippen LogP contribution in [0.25, 0.3) is 0 Å². The highest BCUT2D eigenvalue weighted by Crippen LogP contribution is 2.24. The number of morpholine rings is 1. The molecule has 2 aromatic rings. The van der Waals surface area contributed by atoms with Gasteiger partial charge in [0.2, 0.25) is 5.91 Å². The molecule has 6 heteroatoms. The summed E-state index contributed by atoms with van der Waals surface area (Å²) in [5.41, 5.74) is 0.894. The average molecular weight is 332 g/mol. The first-order chi connectivity index (χ1) is 11.2. The minimum atomic E-state index is -0.272. The number of halogens is 1. The number of thioether (sulfide) groups is 1. The summed E-state index contributed by atoms with van der Waals surface area (Å²) in [5, 5.41) is 0. The van der Waals surface area contributed by atoms with Crippen molar-refractivity contribution in [1.82, 2.24) is 9.88 Å². The summed E-state index contributed by atoms with van der Waals surface area (Å²) >= 11 is 1.50. The summed E-state index contributed by atoms with van der Waals surface area (Å²) in [6.45, 7) is 1.59. The second-order valence-corrected chi connectivity index (χ2v) is 6.27. The van der Waals surface area contributed by atoms with E-state index in [1.165, 1.54) is 23.9 Å². The van der Waals surface area contributed by atoms with Crippen LogP contribution in [0.5, 0.6) is 0 Å². The van der Waals surface area contributed by atoms with Gasteiger partial charge < -0.3 is 9.64 Å². The third kappa shape index (κ3) is 4.30. The number of pyridine rings is 1. The summed E-state index contributed by atoms with van der Waals surface area (Å²) in [7, 11) is 0. The fourth-order valence-electron chi connectivity index (χ4n) is 2.43. The second-order valence-electron chi connectivity index (χ2n) is 5.22. The molecular formula is C17H17FN2O2S. The van der Waals surface area contributed by atoms with Gasteiger partial charge in [0, 0.05) is 23.8 Å². The van der Waals surface area contributed by atoms with Crippen molar-refractivity contribution >= 4 is 17.7 Å². The zero-order chi connectivity index (χ0) is 16.1. The number of amides is 1. The molecule has 2 heterocycles. The first-order valence-electron chi connectivity index (χ1n) is 7.40. The zero-order valence-corrected chi connectivity index (χ0v) is 13.3. The van der Waals surface area contributed by atoms with E-state index in [1.807, 2.05) is 17.0 Å². The van der Waals surface area contributed by atoms with Gasteiger partial charge in [0.25, 0.3) is 0 Å². The number of carbonyl (C=O) groups is 1. The molecule has 0 aliphatic carbocycles. The maximum atomic E-state index is 13.0. The summed E-state index contributed by atoms with van der Waals surface area (Å²) in [6.07, 6.45) is 3.23. The number of rotatable bonds is 4. The highest BCUT2D eigenvalue weighted by Gasteiger charge is 2.25. The molecule has 1 aromatic carbocycles. The van der Waals surface area contributed by atoms with Crippen LogP contribution in [-0.2, 0) is 9.53 Å². The van der Waals surface area contributed by atoms with Crippen LogP contribution in [0.2, 0.25) is 0 Å². The first kappa shape index (κ1) is 16.0. The third-order valence-electron chi connectivity index (χ3n) is 3.67. The van der Waals surface area contributed by atoms with Crippen LogP contribution in [0.15, 0.2) is 53.7 Å². The van der Waals surface area contributed by atoms with E-state index in [0.29, 0.717) is 25.4 Å². The number of hydrogen-bond acceptors (Lipinski definition) is 4. The van der Waals surface area contributed by atoms with E-state index in [4.69, 9.17) is 4.74 Å². The highest BCUT2D eigenvalue weighted by atomic mass is 32.2. The molecule has 0 N–H and O–H groups in total. The van der Waals surface area contributed by atoms with E-state index < -0.39 is 0 Å². The zero-order valence-electron chi connectivity index (χ0n) is 12.5. The fraction of sp³-hybridized carbons (Fsp3) is 0.294. The highest BCUT2D eigenvalue weighted by molar-refractivity contribution is 8.00. The van der Waals surface area contributed by atoms with Crippen LogP contribution in [0.4, 0.5) is 4.39 Å². The Morgan fingerprint density at radius 1 is 1.26 bits per heavy atom. The molecule has 1 saturated heterocycles. The number of ether oxygens (including phenoxy) is 1. The summed E-state index contributed by atoms with van der Waals surface area (Å²) in [4.78, 5) is 19.2. The molecule has 0 unspecified atom stereocenters. The molecule has 23 heavy (non-hydrogen) atoms. The monoisotopic (exact) mass is 332 g/mol. The van der Waals surface area contributed by atoms with Crippen molar-refractivity contribution < 1.29 is 13.9 Å². The van der Waals surface area contributed by atoms with Crippen molar-refractivity contribution in [3.63, 3.8) is 0 Å². The molecule has 0 spiro atoms. The van der Waals surface area contributed by atoms with Crippen LogP contribution >= 0.6 is 11.8 Å². The van der Waals surface area contributed by atoms with Gasteiger partial charge in [0.15, 0.2) is 0 Å². The van der Waals surface area contributed by atoms with Crippen LogP contribution in [0, 0.1) is 5.82 Å². The number of hydrogen-bond donors (Lipinski definition) is 0. The van der Waals surface area contributed by atoms with Gasteiger partial charge in [0.05, 0.1) is 18.9 Å². The second kappa shape index (κ2) is 7.57. The number of nitrogens with zero attached hydrogens (tertiary/aromatic N) is 2. The van der Waals surface area contributed by atoms with E-state index in [-0.39, 0.29) is 17.8 Å². The van der Waals surface area contributed by atoms with E-state index in [2.05, 4.69) is 4.98 Å². The van der Waals surface area contributed by atoms with Gasteiger partial charge in [0.1, 0.15) is 11.9 Å². The molecule has 0 saturated carbocycles. The molecule has 1 fully saturated rings. The lowest BCUT2D eigenvalue weighted by atomic mass is 10.1. The van der Waals surface area contributed by atoms with Crippen LogP contribution < -0.4 is 0 Å². The number of benzene rings is 1. The Morgan fingerprint density at radius 2 is 2.00 bits per heavy atom. The number of aromatic nitrogens is 1. The smallest absolute Gasteiger partial charge is 0.233 e. The van der Waals surface area contributed by atoms with Crippen LogP contribution in [-0.4, -0.2) is 41.2 Å². The van der Waals surface area contributed by atoms with Crippen molar-refractivity contribution in [2.75, 3.05) is 25.4 Å².